The fourth-order valence-corrected chi connectivity index (χ4v) is 5.33. The highest BCUT2D eigenvalue weighted by molar-refractivity contribution is 7.88. The van der Waals surface area contributed by atoms with Gasteiger partial charge in [-0.05, 0) is 43.8 Å². The maximum atomic E-state index is 12.3. The van der Waals surface area contributed by atoms with E-state index in [0.717, 1.165) is 32.5 Å². The monoisotopic (exact) mass is 409 g/mol. The number of fused-ring (bicyclic) bond motifs is 3. The van der Waals surface area contributed by atoms with Crippen LogP contribution in [-0.4, -0.2) is 62.0 Å². The summed E-state index contributed by atoms with van der Waals surface area (Å²) < 4.78 is 26.8. The molecule has 0 aromatic heterocycles. The first-order valence-electron chi connectivity index (χ1n) is 9.61. The highest BCUT2D eigenvalue weighted by Crippen LogP contribution is 2.27. The van der Waals surface area contributed by atoms with Crippen molar-refractivity contribution in [3.05, 3.63) is 35.9 Å². The van der Waals surface area contributed by atoms with Crippen LogP contribution in [0.15, 0.2) is 30.3 Å². The molecule has 1 aromatic carbocycles. The summed E-state index contributed by atoms with van der Waals surface area (Å²) in [5.74, 6) is -1.34. The molecule has 3 fully saturated rings. The zero-order chi connectivity index (χ0) is 20.1. The van der Waals surface area contributed by atoms with Crippen LogP contribution in [0, 0.1) is 5.92 Å². The zero-order valence-electron chi connectivity index (χ0n) is 15.7. The SMILES string of the molecule is O=C(CCC(NS(=O)(=O)Cc1ccccc1)C(=O)O)NC1CN2CCC1CC2. The Bertz CT molecular complexity index is 791. The Morgan fingerprint density at radius 2 is 1.86 bits per heavy atom. The summed E-state index contributed by atoms with van der Waals surface area (Å²) >= 11 is 0. The van der Waals surface area contributed by atoms with Crippen molar-refractivity contribution in [3.8, 4) is 0 Å². The van der Waals surface area contributed by atoms with E-state index < -0.39 is 22.0 Å². The molecular formula is C19H27N3O5S. The molecule has 0 spiro atoms. The van der Waals surface area contributed by atoms with E-state index >= 15 is 0 Å². The maximum absolute atomic E-state index is 12.3. The number of hydrogen-bond donors (Lipinski definition) is 3. The summed E-state index contributed by atoms with van der Waals surface area (Å²) in [6.07, 6.45) is 2.02. The molecule has 9 heteroatoms. The first kappa shape index (κ1) is 20.8. The number of carboxylic acids is 1. The van der Waals surface area contributed by atoms with E-state index in [1.165, 1.54) is 0 Å². The summed E-state index contributed by atoms with van der Waals surface area (Å²) in [6.45, 7) is 2.98. The smallest absolute Gasteiger partial charge is 0.321 e. The van der Waals surface area contributed by atoms with E-state index in [4.69, 9.17) is 0 Å². The molecule has 3 N–H and O–H groups in total. The Balaban J connectivity index is 1.50. The van der Waals surface area contributed by atoms with Crippen molar-refractivity contribution in [2.24, 2.45) is 5.92 Å². The van der Waals surface area contributed by atoms with Crippen LogP contribution in [0.1, 0.15) is 31.2 Å². The van der Waals surface area contributed by atoms with Gasteiger partial charge in [0, 0.05) is 19.0 Å². The molecule has 3 aliphatic heterocycles. The van der Waals surface area contributed by atoms with E-state index in [1.54, 1.807) is 30.3 Å². The third kappa shape index (κ3) is 5.76. The summed E-state index contributed by atoms with van der Waals surface area (Å²) in [6, 6.07) is 7.32. The second-order valence-corrected chi connectivity index (χ2v) is 9.36. The average molecular weight is 410 g/mol. The summed E-state index contributed by atoms with van der Waals surface area (Å²) in [5, 5.41) is 12.4. The van der Waals surface area contributed by atoms with Gasteiger partial charge in [-0.25, -0.2) is 13.1 Å². The van der Waals surface area contributed by atoms with Gasteiger partial charge < -0.3 is 15.3 Å². The normalized spacial score (nSPS) is 25.2. The quantitative estimate of drug-likeness (QED) is 0.549. The average Bonchev–Trinajstić information content (AvgIpc) is 2.66. The van der Waals surface area contributed by atoms with Gasteiger partial charge in [-0.15, -0.1) is 0 Å². The Morgan fingerprint density at radius 3 is 2.43 bits per heavy atom. The number of carboxylic acid groups (broad SMARTS) is 1. The number of sulfonamides is 1. The Labute approximate surface area is 165 Å². The fraction of sp³-hybridized carbons (Fsp3) is 0.579. The first-order valence-corrected chi connectivity index (χ1v) is 11.3. The summed E-state index contributed by atoms with van der Waals surface area (Å²) in [5.41, 5.74) is 0.569. The minimum absolute atomic E-state index is 0.0337. The molecule has 1 aromatic rings. The third-order valence-corrected chi connectivity index (χ3v) is 6.84. The second kappa shape index (κ2) is 9.02. The largest absolute Gasteiger partial charge is 0.480 e. The molecule has 154 valence electrons. The number of nitrogens with zero attached hydrogens (tertiary/aromatic N) is 1. The number of carbonyl (C=O) groups is 2. The molecule has 3 saturated heterocycles. The number of carbonyl (C=O) groups excluding carboxylic acids is 1. The van der Waals surface area contributed by atoms with Crippen LogP contribution in [0.2, 0.25) is 0 Å². The van der Waals surface area contributed by atoms with E-state index in [0.29, 0.717) is 11.5 Å². The minimum atomic E-state index is -3.83. The van der Waals surface area contributed by atoms with Gasteiger partial charge in [0.15, 0.2) is 0 Å². The molecule has 28 heavy (non-hydrogen) atoms. The number of piperidine rings is 3. The predicted octanol–water partition coefficient (Wildman–Crippen LogP) is 0.550. The number of nitrogens with one attached hydrogen (secondary N) is 2. The zero-order valence-corrected chi connectivity index (χ0v) is 16.5. The number of benzene rings is 1. The first-order chi connectivity index (χ1) is 13.3. The predicted molar refractivity (Wildman–Crippen MR) is 104 cm³/mol. The minimum Gasteiger partial charge on any atom is -0.480 e. The van der Waals surface area contributed by atoms with Gasteiger partial charge in [0.1, 0.15) is 6.04 Å². The van der Waals surface area contributed by atoms with Gasteiger partial charge in [-0.1, -0.05) is 30.3 Å². The van der Waals surface area contributed by atoms with E-state index in [9.17, 15) is 23.1 Å². The highest BCUT2D eigenvalue weighted by atomic mass is 32.2. The lowest BCUT2D eigenvalue weighted by molar-refractivity contribution is -0.139. The van der Waals surface area contributed by atoms with Crippen LogP contribution in [-0.2, 0) is 25.4 Å². The van der Waals surface area contributed by atoms with E-state index in [1.807, 2.05) is 0 Å². The summed E-state index contributed by atoms with van der Waals surface area (Å²) in [7, 11) is -3.83. The van der Waals surface area contributed by atoms with Crippen molar-refractivity contribution in [3.63, 3.8) is 0 Å². The topological polar surface area (TPSA) is 116 Å². The molecule has 2 atom stereocenters. The summed E-state index contributed by atoms with van der Waals surface area (Å²) in [4.78, 5) is 26.1. The Kier molecular flexibility index (Phi) is 6.69. The van der Waals surface area contributed by atoms with Crippen molar-refractivity contribution in [2.45, 2.75) is 43.5 Å². The van der Waals surface area contributed by atoms with Crippen molar-refractivity contribution >= 4 is 21.9 Å². The molecular weight excluding hydrogens is 382 g/mol. The standard InChI is InChI=1S/C19H27N3O5S/c23-18(20-17-12-22-10-8-15(17)9-11-22)7-6-16(19(24)25)21-28(26,27)13-14-4-2-1-3-5-14/h1-5,15-17,21H,6-13H2,(H,20,23)(H,24,25). The molecule has 3 heterocycles. The molecule has 2 unspecified atom stereocenters. The van der Waals surface area contributed by atoms with Crippen LogP contribution in [0.5, 0.6) is 0 Å². The lowest BCUT2D eigenvalue weighted by atomic mass is 9.84. The second-order valence-electron chi connectivity index (χ2n) is 7.60. The van der Waals surface area contributed by atoms with Crippen LogP contribution in [0.25, 0.3) is 0 Å². The molecule has 3 aliphatic rings. The molecule has 0 radical (unpaired) electrons. The lowest BCUT2D eigenvalue weighted by Crippen LogP contribution is -2.57. The Morgan fingerprint density at radius 1 is 1.18 bits per heavy atom. The number of rotatable bonds is 9. The fourth-order valence-electron chi connectivity index (χ4n) is 3.97. The van der Waals surface area contributed by atoms with Crippen LogP contribution >= 0.6 is 0 Å². The van der Waals surface area contributed by atoms with Gasteiger partial charge in [-0.2, -0.15) is 0 Å². The highest BCUT2D eigenvalue weighted by Gasteiger charge is 2.35. The number of hydrogen-bond acceptors (Lipinski definition) is 5. The maximum Gasteiger partial charge on any atom is 0.321 e. The Hall–Kier alpha value is -1.97. The molecule has 0 saturated carbocycles. The number of amides is 1. The van der Waals surface area contributed by atoms with Crippen LogP contribution < -0.4 is 10.0 Å². The van der Waals surface area contributed by atoms with Crippen molar-refractivity contribution < 1.29 is 23.1 Å². The van der Waals surface area contributed by atoms with Crippen molar-refractivity contribution in [1.29, 1.82) is 0 Å². The number of aliphatic carboxylic acids is 1. The van der Waals surface area contributed by atoms with E-state index in [-0.39, 0.29) is 30.5 Å². The lowest BCUT2D eigenvalue weighted by Gasteiger charge is -2.45. The molecule has 4 rings (SSSR count). The van der Waals surface area contributed by atoms with Crippen LogP contribution in [0.4, 0.5) is 0 Å². The molecule has 1 amide bonds. The molecule has 0 aliphatic carbocycles. The van der Waals surface area contributed by atoms with Crippen LogP contribution in [0.3, 0.4) is 0 Å². The van der Waals surface area contributed by atoms with Gasteiger partial charge in [0.2, 0.25) is 15.9 Å². The molecule has 2 bridgehead atoms. The van der Waals surface area contributed by atoms with Gasteiger partial charge in [0.25, 0.3) is 0 Å². The third-order valence-electron chi connectivity index (χ3n) is 5.48. The van der Waals surface area contributed by atoms with Crippen molar-refractivity contribution in [1.82, 2.24) is 14.9 Å². The van der Waals surface area contributed by atoms with Gasteiger partial charge in [0.05, 0.1) is 5.75 Å². The van der Waals surface area contributed by atoms with Gasteiger partial charge in [-0.3, -0.25) is 9.59 Å². The van der Waals surface area contributed by atoms with Crippen molar-refractivity contribution in [2.75, 3.05) is 19.6 Å². The van der Waals surface area contributed by atoms with E-state index in [2.05, 4.69) is 14.9 Å². The molecule has 8 nitrogen and oxygen atoms in total. The van der Waals surface area contributed by atoms with Gasteiger partial charge >= 0.3 is 5.97 Å².